The maximum Gasteiger partial charge on any atom is 0.397 e. The molecule has 0 aromatic heterocycles. The van der Waals surface area contributed by atoms with Crippen molar-refractivity contribution in [3.8, 4) is 0 Å². The van der Waals surface area contributed by atoms with Crippen LogP contribution in [0.15, 0.2) is 11.5 Å². The molecule has 0 radical (unpaired) electrons. The second-order valence-electron chi connectivity index (χ2n) is 9.38. The van der Waals surface area contributed by atoms with Gasteiger partial charge in [-0.2, -0.15) is 8.42 Å². The molecule has 0 aliphatic carbocycles. The Morgan fingerprint density at radius 1 is 0.884 bits per heavy atom. The molecule has 3 heterocycles. The van der Waals surface area contributed by atoms with Crippen molar-refractivity contribution in [1.82, 2.24) is 5.32 Å². The van der Waals surface area contributed by atoms with Crippen molar-refractivity contribution in [3.63, 3.8) is 0 Å². The van der Waals surface area contributed by atoms with Crippen molar-refractivity contribution < 1.29 is 101 Å². The first-order valence-electron chi connectivity index (χ1n) is 12.0. The van der Waals surface area contributed by atoms with Crippen molar-refractivity contribution in [2.75, 3.05) is 6.61 Å². The molecule has 1 unspecified atom stereocenters. The van der Waals surface area contributed by atoms with Crippen LogP contribution in [-0.4, -0.2) is 163 Å². The van der Waals surface area contributed by atoms with Crippen molar-refractivity contribution in [2.45, 2.75) is 86.8 Å². The lowest BCUT2D eigenvalue weighted by atomic mass is 9.95. The largest absolute Gasteiger partial charge is 0.506 e. The fraction of sp³-hybridized carbons (Fsp3) is 0.750. The summed E-state index contributed by atoms with van der Waals surface area (Å²) in [5, 5.41) is 92.4. The molecule has 11 N–H and O–H groups in total. The summed E-state index contributed by atoms with van der Waals surface area (Å²) in [6.45, 7) is -0.302. The second kappa shape index (κ2) is 13.5. The molecule has 0 spiro atoms. The third kappa shape index (κ3) is 7.85. The highest BCUT2D eigenvalue weighted by Gasteiger charge is 2.55. The van der Waals surface area contributed by atoms with Crippen LogP contribution < -0.4 is 5.32 Å². The topological polar surface area (TPSA) is 355 Å². The van der Waals surface area contributed by atoms with E-state index in [1.807, 2.05) is 0 Å². The number of carboxylic acid groups (broad SMARTS) is 2. The summed E-state index contributed by atoms with van der Waals surface area (Å²) in [6.07, 6.45) is -26.0. The Labute approximate surface area is 240 Å². The number of hydrogen-bond acceptors (Lipinski definition) is 18. The zero-order valence-electron chi connectivity index (χ0n) is 21.6. The van der Waals surface area contributed by atoms with Crippen molar-refractivity contribution in [1.29, 1.82) is 0 Å². The average molecular weight is 652 g/mol. The van der Waals surface area contributed by atoms with Gasteiger partial charge in [0.1, 0.15) is 54.9 Å². The number of nitrogens with one attached hydrogen (secondary N) is 1. The first kappa shape index (κ1) is 34.7. The smallest absolute Gasteiger partial charge is 0.397 e. The third-order valence-corrected chi connectivity index (χ3v) is 6.79. The molecule has 2 fully saturated rings. The predicted octanol–water partition coefficient (Wildman–Crippen LogP) is -6.38. The molecule has 3 aliphatic heterocycles. The molecule has 0 bridgehead atoms. The van der Waals surface area contributed by atoms with Gasteiger partial charge in [0.25, 0.3) is 0 Å². The Hall–Kier alpha value is -2.78. The Morgan fingerprint density at radius 3 is 2.02 bits per heavy atom. The van der Waals surface area contributed by atoms with Crippen LogP contribution in [0.2, 0.25) is 0 Å². The second-order valence-corrected chi connectivity index (χ2v) is 10.5. The minimum absolute atomic E-state index is 0.921. The molecule has 2 saturated heterocycles. The van der Waals surface area contributed by atoms with E-state index in [1.165, 1.54) is 0 Å². The van der Waals surface area contributed by atoms with Crippen LogP contribution in [0.3, 0.4) is 0 Å². The molecule has 23 heteroatoms. The number of aliphatic hydroxyl groups excluding tert-OH is 7. The molecule has 0 aromatic carbocycles. The first-order chi connectivity index (χ1) is 19.8. The van der Waals surface area contributed by atoms with Gasteiger partial charge in [-0.3, -0.25) is 9.35 Å². The van der Waals surface area contributed by atoms with E-state index in [9.17, 15) is 68.8 Å². The van der Waals surface area contributed by atoms with Gasteiger partial charge in [-0.15, -0.1) is 0 Å². The third-order valence-electron chi connectivity index (χ3n) is 6.36. The number of amides is 1. The van der Waals surface area contributed by atoms with Gasteiger partial charge in [0, 0.05) is 6.92 Å². The number of carbonyl (C=O) groups excluding carboxylic acids is 1. The van der Waals surface area contributed by atoms with Crippen molar-refractivity contribution in [2.24, 2.45) is 0 Å². The lowest BCUT2D eigenvalue weighted by Gasteiger charge is -2.48. The molecule has 3 aliphatic rings. The predicted molar refractivity (Wildman–Crippen MR) is 124 cm³/mol. The Balaban J connectivity index is 2.03. The Bertz CT molecular complexity index is 1190. The molecular formula is C20H29NO21S. The number of carboxylic acids is 2. The summed E-state index contributed by atoms with van der Waals surface area (Å²) < 4.78 is 61.5. The zero-order chi connectivity index (χ0) is 32.5. The maximum atomic E-state index is 12.1. The van der Waals surface area contributed by atoms with E-state index in [2.05, 4.69) is 9.50 Å². The van der Waals surface area contributed by atoms with Crippen LogP contribution in [0.5, 0.6) is 0 Å². The van der Waals surface area contributed by atoms with E-state index in [4.69, 9.17) is 28.2 Å². The molecule has 3 rings (SSSR count). The van der Waals surface area contributed by atoms with Gasteiger partial charge >= 0.3 is 22.3 Å². The lowest BCUT2D eigenvalue weighted by molar-refractivity contribution is -0.347. The van der Waals surface area contributed by atoms with E-state index in [1.54, 1.807) is 0 Å². The van der Waals surface area contributed by atoms with Gasteiger partial charge in [-0.1, -0.05) is 0 Å². The van der Waals surface area contributed by atoms with Crippen LogP contribution in [0.1, 0.15) is 6.92 Å². The first-order valence-corrected chi connectivity index (χ1v) is 13.4. The molecule has 22 nitrogen and oxygen atoms in total. The van der Waals surface area contributed by atoms with Crippen LogP contribution in [0, 0.1) is 0 Å². The van der Waals surface area contributed by atoms with E-state index in [0.717, 1.165) is 6.92 Å². The summed E-state index contributed by atoms with van der Waals surface area (Å²) in [6, 6.07) is -1.86. The highest BCUT2D eigenvalue weighted by atomic mass is 32.3. The highest BCUT2D eigenvalue weighted by Crippen LogP contribution is 2.33. The summed E-state index contributed by atoms with van der Waals surface area (Å²) in [5.74, 6) is -7.29. The molecule has 246 valence electrons. The highest BCUT2D eigenvalue weighted by molar-refractivity contribution is 7.80. The molecule has 13 atom stereocenters. The van der Waals surface area contributed by atoms with Gasteiger partial charge < -0.3 is 75.0 Å². The number of hydrogen-bond donors (Lipinski definition) is 11. The quantitative estimate of drug-likeness (QED) is 0.0978. The van der Waals surface area contributed by atoms with E-state index >= 15 is 0 Å². The molecule has 0 aromatic rings. The minimum atomic E-state index is -5.19. The summed E-state index contributed by atoms with van der Waals surface area (Å²) in [4.78, 5) is 35.3. The number of ether oxygens (including phenoxy) is 5. The van der Waals surface area contributed by atoms with E-state index in [-0.39, 0.29) is 0 Å². The molecule has 0 saturated carbocycles. The van der Waals surface area contributed by atoms with Gasteiger partial charge in [-0.25, -0.2) is 13.8 Å². The fourth-order valence-electron chi connectivity index (χ4n) is 4.34. The fourth-order valence-corrected chi connectivity index (χ4v) is 4.65. The van der Waals surface area contributed by atoms with Crippen molar-refractivity contribution in [3.05, 3.63) is 11.5 Å². The van der Waals surface area contributed by atoms with Gasteiger partial charge in [0.2, 0.25) is 18.0 Å². The monoisotopic (exact) mass is 651 g/mol. The van der Waals surface area contributed by atoms with Gasteiger partial charge in [-0.05, 0) is 0 Å². The van der Waals surface area contributed by atoms with Gasteiger partial charge in [0.15, 0.2) is 24.4 Å². The van der Waals surface area contributed by atoms with Crippen LogP contribution in [0.4, 0.5) is 0 Å². The maximum absolute atomic E-state index is 12.1. The summed E-state index contributed by atoms with van der Waals surface area (Å²) in [5.41, 5.74) is 0. The lowest BCUT2D eigenvalue weighted by Crippen LogP contribution is -2.69. The number of aliphatic carboxylic acids is 2. The van der Waals surface area contributed by atoms with Crippen molar-refractivity contribution >= 4 is 28.2 Å². The zero-order valence-corrected chi connectivity index (χ0v) is 22.4. The van der Waals surface area contributed by atoms with E-state index in [0.29, 0.717) is 0 Å². The number of aliphatic hydroxyl groups is 7. The Kier molecular flexibility index (Phi) is 10.9. The van der Waals surface area contributed by atoms with Crippen LogP contribution >= 0.6 is 0 Å². The average Bonchev–Trinajstić information content (AvgIpc) is 2.90. The standard InChI is InChI=1S/C20H29NO21S/c1-3(22)21-5-12(40-20-11(28)7(24)8(25)14(42-20)16(29)30)6(23)4(2-37-43(34,35)36)38-19(5)41-13-9(26)10(27)18(33)39-15(13)17(31)32/h4-7,9-13,15,18-20,23-28,33H,2H2,1H3,(H,21,22)(H,29,30)(H,31,32)(H,34,35,36)/t4-,5-,6+,7+,9-,10-,11-,12-,13+,15+,18?,19+,20-/m1/s1. The number of carbonyl (C=O) groups is 3. The van der Waals surface area contributed by atoms with Crippen LogP contribution in [-0.2, 0) is 52.7 Å². The normalized spacial score (nSPS) is 40.4. The SMILES string of the molecule is CC(=O)N[C@H]1[C@H](O[C@H]2[C@H](O)[C@@H](O)C(O)O[C@@H]2C(=O)O)O[C@H](COS(=O)(=O)O)[C@H](O)[C@@H]1O[C@@H]1OC(C(=O)O)=C(O)[C@H](O)[C@H]1O. The molecule has 1 amide bonds. The summed E-state index contributed by atoms with van der Waals surface area (Å²) >= 11 is 0. The number of rotatable bonds is 10. The molecule has 43 heavy (non-hydrogen) atoms. The van der Waals surface area contributed by atoms with Gasteiger partial charge in [0.05, 0.1) is 6.61 Å². The van der Waals surface area contributed by atoms with E-state index < -0.39 is 126 Å². The van der Waals surface area contributed by atoms with Crippen LogP contribution in [0.25, 0.3) is 0 Å². The minimum Gasteiger partial charge on any atom is -0.506 e. The molecular weight excluding hydrogens is 622 g/mol. The Morgan fingerprint density at radius 2 is 1.49 bits per heavy atom. The summed E-state index contributed by atoms with van der Waals surface area (Å²) in [7, 11) is -5.19.